The SMILES string of the molecule is CC(C)N1CCN(CCNc2cnc3ccc(/C(C=N)=C(/N)c4cccc(Cl)c4)nc3c2)CC1. The average Bonchev–Trinajstić information content (AvgIpc) is 2.84. The number of nitrogens with one attached hydrogen (secondary N) is 2. The Morgan fingerprint density at radius 3 is 2.65 bits per heavy atom. The zero-order chi connectivity index (χ0) is 24.1. The van der Waals surface area contributed by atoms with Gasteiger partial charge >= 0.3 is 0 Å². The first kappa shape index (κ1) is 24.1. The predicted octanol–water partition coefficient (Wildman–Crippen LogP) is 4.20. The van der Waals surface area contributed by atoms with Crippen molar-refractivity contribution in [2.75, 3.05) is 44.6 Å². The second-order valence-electron chi connectivity index (χ2n) is 8.84. The molecule has 0 radical (unpaired) electrons. The number of anilines is 1. The van der Waals surface area contributed by atoms with Crippen LogP contribution in [-0.4, -0.2) is 71.3 Å². The summed E-state index contributed by atoms with van der Waals surface area (Å²) in [6, 6.07) is 13.7. The van der Waals surface area contributed by atoms with Gasteiger partial charge in [-0.1, -0.05) is 23.7 Å². The number of piperazine rings is 1. The topological polar surface area (TPSA) is 94.2 Å². The van der Waals surface area contributed by atoms with Crippen LogP contribution in [0.3, 0.4) is 0 Å². The van der Waals surface area contributed by atoms with Crippen LogP contribution in [0.25, 0.3) is 22.3 Å². The molecular formula is C26H32ClN7. The molecule has 1 saturated heterocycles. The maximum atomic E-state index is 7.93. The molecule has 1 aliphatic rings. The Bertz CT molecular complexity index is 1180. The molecule has 0 aliphatic carbocycles. The molecule has 1 aromatic carbocycles. The number of hydrogen-bond acceptors (Lipinski definition) is 7. The number of allylic oxidation sites excluding steroid dienone is 1. The van der Waals surface area contributed by atoms with Crippen LogP contribution in [0.2, 0.25) is 5.02 Å². The summed E-state index contributed by atoms with van der Waals surface area (Å²) in [4.78, 5) is 14.3. The molecule has 178 valence electrons. The molecule has 0 amide bonds. The number of nitrogens with zero attached hydrogens (tertiary/aromatic N) is 4. The fourth-order valence-electron chi connectivity index (χ4n) is 4.22. The largest absolute Gasteiger partial charge is 0.398 e. The molecule has 0 bridgehead atoms. The summed E-state index contributed by atoms with van der Waals surface area (Å²) in [6.45, 7) is 10.8. The third-order valence-corrected chi connectivity index (χ3v) is 6.51. The monoisotopic (exact) mass is 477 g/mol. The molecule has 3 heterocycles. The van der Waals surface area contributed by atoms with Crippen LogP contribution < -0.4 is 11.1 Å². The molecular weight excluding hydrogens is 446 g/mol. The van der Waals surface area contributed by atoms with E-state index < -0.39 is 0 Å². The first-order valence-corrected chi connectivity index (χ1v) is 12.1. The van der Waals surface area contributed by atoms with E-state index >= 15 is 0 Å². The van der Waals surface area contributed by atoms with Gasteiger partial charge in [-0.3, -0.25) is 14.8 Å². The van der Waals surface area contributed by atoms with Crippen molar-refractivity contribution < 1.29 is 0 Å². The standard InChI is InChI=1S/C26H32ClN7/c1-18(2)34-12-10-33(11-13-34)9-8-30-21-15-25-24(31-17-21)7-6-23(32-25)22(16-28)26(29)19-4-3-5-20(27)14-19/h3-7,14-18,28,30H,8-13,29H2,1-2H3/b26-22+,28-16?. The number of pyridine rings is 2. The fourth-order valence-corrected chi connectivity index (χ4v) is 4.41. The minimum Gasteiger partial charge on any atom is -0.398 e. The molecule has 0 unspecified atom stereocenters. The van der Waals surface area contributed by atoms with Crippen molar-refractivity contribution in [1.29, 1.82) is 5.41 Å². The van der Waals surface area contributed by atoms with E-state index in [0.717, 1.165) is 61.6 Å². The molecule has 34 heavy (non-hydrogen) atoms. The highest BCUT2D eigenvalue weighted by atomic mass is 35.5. The third kappa shape index (κ3) is 5.73. The Morgan fingerprint density at radius 1 is 1.15 bits per heavy atom. The summed E-state index contributed by atoms with van der Waals surface area (Å²) in [5.74, 6) is 0. The molecule has 1 aliphatic heterocycles. The maximum Gasteiger partial charge on any atom is 0.0914 e. The minimum absolute atomic E-state index is 0.462. The molecule has 3 aromatic rings. The quantitative estimate of drug-likeness (QED) is 0.421. The van der Waals surface area contributed by atoms with Gasteiger partial charge in [-0.05, 0) is 49.7 Å². The third-order valence-electron chi connectivity index (χ3n) is 6.28. The summed E-state index contributed by atoms with van der Waals surface area (Å²) in [7, 11) is 0. The molecule has 2 aromatic heterocycles. The highest BCUT2D eigenvalue weighted by Crippen LogP contribution is 2.24. The minimum atomic E-state index is 0.462. The molecule has 7 nitrogen and oxygen atoms in total. The number of nitrogens with two attached hydrogens (primary N) is 1. The van der Waals surface area contributed by atoms with Crippen LogP contribution in [-0.2, 0) is 0 Å². The van der Waals surface area contributed by atoms with Crippen LogP contribution in [0.5, 0.6) is 0 Å². The van der Waals surface area contributed by atoms with E-state index in [0.29, 0.717) is 28.0 Å². The van der Waals surface area contributed by atoms with Crippen LogP contribution in [0, 0.1) is 5.41 Å². The van der Waals surface area contributed by atoms with Gasteiger partial charge in [0, 0.05) is 67.8 Å². The highest BCUT2D eigenvalue weighted by Gasteiger charge is 2.18. The van der Waals surface area contributed by atoms with Gasteiger partial charge in [0.2, 0.25) is 0 Å². The number of hydrogen-bond donors (Lipinski definition) is 3. The van der Waals surface area contributed by atoms with Crippen LogP contribution in [0.1, 0.15) is 25.1 Å². The maximum absolute atomic E-state index is 7.93. The lowest BCUT2D eigenvalue weighted by Crippen LogP contribution is -2.49. The summed E-state index contributed by atoms with van der Waals surface area (Å²) in [6.07, 6.45) is 3.08. The first-order valence-electron chi connectivity index (χ1n) is 11.7. The Balaban J connectivity index is 1.46. The summed E-state index contributed by atoms with van der Waals surface area (Å²) in [5, 5.41) is 12.0. The van der Waals surface area contributed by atoms with E-state index in [-0.39, 0.29) is 0 Å². The molecule has 4 rings (SSSR count). The van der Waals surface area contributed by atoms with Crippen LogP contribution in [0.4, 0.5) is 5.69 Å². The second-order valence-corrected chi connectivity index (χ2v) is 9.28. The van der Waals surface area contributed by atoms with Crippen molar-refractivity contribution in [3.05, 3.63) is 64.9 Å². The second kappa shape index (κ2) is 11.0. The Labute approximate surface area is 206 Å². The number of aromatic nitrogens is 2. The van der Waals surface area contributed by atoms with Gasteiger partial charge in [-0.2, -0.15) is 0 Å². The van der Waals surface area contributed by atoms with Gasteiger partial charge < -0.3 is 16.5 Å². The van der Waals surface area contributed by atoms with Gasteiger partial charge in [-0.25, -0.2) is 4.98 Å². The molecule has 4 N–H and O–H groups in total. The van der Waals surface area contributed by atoms with Crippen molar-refractivity contribution in [1.82, 2.24) is 19.8 Å². The smallest absolute Gasteiger partial charge is 0.0914 e. The van der Waals surface area contributed by atoms with Gasteiger partial charge in [0.05, 0.1) is 28.6 Å². The normalized spacial score (nSPS) is 16.0. The Hall–Kier alpha value is -3.00. The summed E-state index contributed by atoms with van der Waals surface area (Å²) in [5.41, 5.74) is 11.3. The summed E-state index contributed by atoms with van der Waals surface area (Å²) >= 11 is 6.12. The average molecular weight is 478 g/mol. The van der Waals surface area contributed by atoms with Crippen LogP contribution in [0.15, 0.2) is 48.7 Å². The molecule has 1 fully saturated rings. The number of rotatable bonds is 8. The van der Waals surface area contributed by atoms with Crippen molar-refractivity contribution in [3.63, 3.8) is 0 Å². The van der Waals surface area contributed by atoms with E-state index in [1.54, 1.807) is 12.1 Å². The zero-order valence-electron chi connectivity index (χ0n) is 19.8. The number of halogens is 1. The lowest BCUT2D eigenvalue weighted by atomic mass is 10.0. The van der Waals surface area contributed by atoms with Gasteiger partial charge in [0.15, 0.2) is 0 Å². The highest BCUT2D eigenvalue weighted by molar-refractivity contribution is 6.30. The van der Waals surface area contributed by atoms with Crippen molar-refractivity contribution >= 4 is 45.8 Å². The lowest BCUT2D eigenvalue weighted by Gasteiger charge is -2.36. The zero-order valence-corrected chi connectivity index (χ0v) is 20.5. The van der Waals surface area contributed by atoms with Gasteiger partial charge in [0.25, 0.3) is 0 Å². The predicted molar refractivity (Wildman–Crippen MR) is 142 cm³/mol. The lowest BCUT2D eigenvalue weighted by molar-refractivity contribution is 0.111. The summed E-state index contributed by atoms with van der Waals surface area (Å²) < 4.78 is 0. The van der Waals surface area contributed by atoms with Gasteiger partial charge in [-0.15, -0.1) is 0 Å². The van der Waals surface area contributed by atoms with Gasteiger partial charge in [0.1, 0.15) is 0 Å². The number of benzene rings is 1. The molecule has 0 spiro atoms. The van der Waals surface area contributed by atoms with Crippen LogP contribution >= 0.6 is 11.6 Å². The van der Waals surface area contributed by atoms with Crippen molar-refractivity contribution in [2.45, 2.75) is 19.9 Å². The molecule has 0 atom stereocenters. The van der Waals surface area contributed by atoms with Crippen molar-refractivity contribution in [2.24, 2.45) is 5.73 Å². The first-order chi connectivity index (χ1) is 16.4. The van der Waals surface area contributed by atoms with E-state index in [1.807, 2.05) is 36.5 Å². The Kier molecular flexibility index (Phi) is 7.77. The van der Waals surface area contributed by atoms with E-state index in [1.165, 1.54) is 6.21 Å². The Morgan fingerprint density at radius 2 is 1.94 bits per heavy atom. The number of fused-ring (bicyclic) bond motifs is 1. The van der Waals surface area contributed by atoms with E-state index in [9.17, 15) is 0 Å². The fraction of sp³-hybridized carbons (Fsp3) is 0.346. The molecule has 0 saturated carbocycles. The van der Waals surface area contributed by atoms with E-state index in [2.05, 4.69) is 33.9 Å². The molecule has 8 heteroatoms. The van der Waals surface area contributed by atoms with Crippen molar-refractivity contribution in [3.8, 4) is 0 Å². The van der Waals surface area contributed by atoms with E-state index in [4.69, 9.17) is 27.7 Å².